The van der Waals surface area contributed by atoms with Crippen LogP contribution in [0.3, 0.4) is 0 Å². The number of nitrogens with one attached hydrogen (secondary N) is 1. The molecule has 0 aliphatic heterocycles. The Balaban J connectivity index is 1.44. The van der Waals surface area contributed by atoms with Crippen LogP contribution in [0.25, 0.3) is 76.4 Å². The summed E-state index contributed by atoms with van der Waals surface area (Å²) >= 11 is 0. The number of hydrogen-bond donors (Lipinski definition) is 1. The maximum absolute atomic E-state index is 3.56. The molecule has 0 saturated carbocycles. The van der Waals surface area contributed by atoms with Crippen molar-refractivity contribution >= 4 is 54.1 Å². The van der Waals surface area contributed by atoms with E-state index >= 15 is 0 Å². The third-order valence-corrected chi connectivity index (χ3v) is 7.57. The van der Waals surface area contributed by atoms with Gasteiger partial charge in [-0.2, -0.15) is 0 Å². The highest BCUT2D eigenvalue weighted by Crippen LogP contribution is 2.42. The zero-order valence-electron chi connectivity index (χ0n) is 19.0. The standard InChI is InChI=1S/C34H21N/c1-2-6-21(7-3-1)25-15-10-22-13-18-29-26(16-11-23-12-17-28(25)33(22)34(23)29)24-14-19-32-30(20-24)27-8-4-5-9-31(27)35-32/h1-20,35H. The van der Waals surface area contributed by atoms with Crippen LogP contribution in [-0.2, 0) is 0 Å². The molecular weight excluding hydrogens is 422 g/mol. The molecule has 0 aliphatic carbocycles. The van der Waals surface area contributed by atoms with Crippen LogP contribution in [0, 0.1) is 0 Å². The Hall–Kier alpha value is -4.62. The zero-order chi connectivity index (χ0) is 22.9. The zero-order valence-corrected chi connectivity index (χ0v) is 19.0. The number of hydrogen-bond acceptors (Lipinski definition) is 0. The summed E-state index contributed by atoms with van der Waals surface area (Å²) < 4.78 is 0. The molecule has 1 aromatic heterocycles. The second-order valence-corrected chi connectivity index (χ2v) is 9.45. The van der Waals surface area contributed by atoms with Gasteiger partial charge in [-0.25, -0.2) is 0 Å². The highest BCUT2D eigenvalue weighted by Gasteiger charge is 2.15. The van der Waals surface area contributed by atoms with Crippen molar-refractivity contribution in [3.8, 4) is 22.3 Å². The van der Waals surface area contributed by atoms with Crippen LogP contribution >= 0.6 is 0 Å². The number of fused-ring (bicyclic) bond motifs is 3. The third kappa shape index (κ3) is 2.64. The molecule has 1 nitrogen and oxygen atoms in total. The first-order valence-electron chi connectivity index (χ1n) is 12.1. The second kappa shape index (κ2) is 6.94. The van der Waals surface area contributed by atoms with Crippen molar-refractivity contribution in [1.29, 1.82) is 0 Å². The normalized spacial score (nSPS) is 12.0. The lowest BCUT2D eigenvalue weighted by atomic mass is 9.87. The number of H-pyrrole nitrogens is 1. The minimum Gasteiger partial charge on any atom is -0.355 e. The van der Waals surface area contributed by atoms with E-state index in [0.717, 1.165) is 0 Å². The molecule has 1 heteroatoms. The lowest BCUT2D eigenvalue weighted by molar-refractivity contribution is 1.55. The van der Waals surface area contributed by atoms with E-state index in [1.807, 2.05) is 0 Å². The number of aromatic nitrogens is 1. The molecule has 162 valence electrons. The molecule has 0 radical (unpaired) electrons. The molecule has 0 fully saturated rings. The smallest absolute Gasteiger partial charge is 0.0465 e. The number of para-hydroxylation sites is 1. The van der Waals surface area contributed by atoms with Crippen molar-refractivity contribution in [2.24, 2.45) is 0 Å². The van der Waals surface area contributed by atoms with Crippen LogP contribution in [0.2, 0.25) is 0 Å². The molecule has 8 rings (SSSR count). The van der Waals surface area contributed by atoms with Crippen LogP contribution in [-0.4, -0.2) is 4.98 Å². The molecule has 0 saturated heterocycles. The molecule has 0 bridgehead atoms. The van der Waals surface area contributed by atoms with Crippen molar-refractivity contribution in [1.82, 2.24) is 4.98 Å². The van der Waals surface area contributed by atoms with Crippen molar-refractivity contribution in [3.05, 3.63) is 121 Å². The van der Waals surface area contributed by atoms with Crippen LogP contribution in [0.4, 0.5) is 0 Å². The largest absolute Gasteiger partial charge is 0.355 e. The summed E-state index contributed by atoms with van der Waals surface area (Å²) in [5, 5.41) is 10.5. The van der Waals surface area contributed by atoms with Crippen LogP contribution in [0.5, 0.6) is 0 Å². The first-order valence-corrected chi connectivity index (χ1v) is 12.1. The Morgan fingerprint density at radius 1 is 0.371 bits per heavy atom. The molecule has 0 aliphatic rings. The topological polar surface area (TPSA) is 15.8 Å². The van der Waals surface area contributed by atoms with Gasteiger partial charge in [-0.1, -0.05) is 103 Å². The molecule has 0 atom stereocenters. The Morgan fingerprint density at radius 2 is 0.971 bits per heavy atom. The van der Waals surface area contributed by atoms with Crippen molar-refractivity contribution in [2.75, 3.05) is 0 Å². The second-order valence-electron chi connectivity index (χ2n) is 9.45. The monoisotopic (exact) mass is 443 g/mol. The molecule has 7 aromatic carbocycles. The van der Waals surface area contributed by atoms with Gasteiger partial charge in [0.25, 0.3) is 0 Å². The van der Waals surface area contributed by atoms with Crippen LogP contribution in [0.15, 0.2) is 121 Å². The Bertz CT molecular complexity index is 2040. The molecule has 1 heterocycles. The van der Waals surface area contributed by atoms with Crippen molar-refractivity contribution in [2.45, 2.75) is 0 Å². The third-order valence-electron chi connectivity index (χ3n) is 7.57. The van der Waals surface area contributed by atoms with Crippen LogP contribution < -0.4 is 0 Å². The fraction of sp³-hybridized carbons (Fsp3) is 0. The predicted molar refractivity (Wildman–Crippen MR) is 150 cm³/mol. The molecule has 1 N–H and O–H groups in total. The first kappa shape index (κ1) is 18.8. The minimum atomic E-state index is 1.18. The van der Waals surface area contributed by atoms with Gasteiger partial charge < -0.3 is 4.98 Å². The van der Waals surface area contributed by atoms with E-state index < -0.39 is 0 Å². The van der Waals surface area contributed by atoms with Crippen molar-refractivity contribution in [3.63, 3.8) is 0 Å². The maximum Gasteiger partial charge on any atom is 0.0465 e. The van der Waals surface area contributed by atoms with Crippen LogP contribution in [0.1, 0.15) is 0 Å². The Kier molecular flexibility index (Phi) is 3.72. The molecule has 0 amide bonds. The van der Waals surface area contributed by atoms with Gasteiger partial charge in [-0.15, -0.1) is 0 Å². The summed E-state index contributed by atoms with van der Waals surface area (Å²) in [6.07, 6.45) is 0. The van der Waals surface area contributed by atoms with Gasteiger partial charge in [-0.3, -0.25) is 0 Å². The molecular formula is C34H21N. The van der Waals surface area contributed by atoms with E-state index in [1.165, 1.54) is 76.4 Å². The maximum atomic E-state index is 3.56. The average molecular weight is 444 g/mol. The molecule has 8 aromatic rings. The summed E-state index contributed by atoms with van der Waals surface area (Å²) in [4.78, 5) is 3.56. The van der Waals surface area contributed by atoms with E-state index in [-0.39, 0.29) is 0 Å². The highest BCUT2D eigenvalue weighted by molar-refractivity contribution is 6.27. The fourth-order valence-electron chi connectivity index (χ4n) is 5.94. The van der Waals surface area contributed by atoms with Gasteiger partial charge in [-0.05, 0) is 72.8 Å². The average Bonchev–Trinajstić information content (AvgIpc) is 3.30. The summed E-state index contributed by atoms with van der Waals surface area (Å²) in [6, 6.07) is 44.4. The van der Waals surface area contributed by atoms with Gasteiger partial charge in [0.2, 0.25) is 0 Å². The van der Waals surface area contributed by atoms with E-state index in [4.69, 9.17) is 0 Å². The lowest BCUT2D eigenvalue weighted by Crippen LogP contribution is -1.89. The number of aromatic amines is 1. The summed E-state index contributed by atoms with van der Waals surface area (Å²) in [6.45, 7) is 0. The first-order chi connectivity index (χ1) is 17.3. The fourth-order valence-corrected chi connectivity index (χ4v) is 5.94. The highest BCUT2D eigenvalue weighted by atomic mass is 14.7. The summed E-state index contributed by atoms with van der Waals surface area (Å²) in [7, 11) is 0. The quantitative estimate of drug-likeness (QED) is 0.256. The van der Waals surface area contributed by atoms with Gasteiger partial charge in [0.1, 0.15) is 0 Å². The van der Waals surface area contributed by atoms with Gasteiger partial charge in [0, 0.05) is 21.8 Å². The SMILES string of the molecule is c1ccc(-c2ccc3ccc4c(-c5ccc6[nH]c7ccccc7c6c5)ccc5ccc2c3c54)cc1. The predicted octanol–water partition coefficient (Wildman–Crippen LogP) is 9.55. The van der Waals surface area contributed by atoms with Crippen molar-refractivity contribution < 1.29 is 0 Å². The van der Waals surface area contributed by atoms with E-state index in [2.05, 4.69) is 126 Å². The Morgan fingerprint density at radius 3 is 1.71 bits per heavy atom. The van der Waals surface area contributed by atoms with Gasteiger partial charge in [0.05, 0.1) is 0 Å². The summed E-state index contributed by atoms with van der Waals surface area (Å²) in [5.74, 6) is 0. The number of benzene rings is 7. The van der Waals surface area contributed by atoms with E-state index in [1.54, 1.807) is 0 Å². The van der Waals surface area contributed by atoms with Gasteiger partial charge >= 0.3 is 0 Å². The van der Waals surface area contributed by atoms with Gasteiger partial charge in [0.15, 0.2) is 0 Å². The van der Waals surface area contributed by atoms with E-state index in [0.29, 0.717) is 0 Å². The number of rotatable bonds is 2. The summed E-state index contributed by atoms with van der Waals surface area (Å²) in [5.41, 5.74) is 7.45. The Labute approximate surface area is 202 Å². The molecule has 0 unspecified atom stereocenters. The minimum absolute atomic E-state index is 1.18. The lowest BCUT2D eigenvalue weighted by Gasteiger charge is -2.16. The molecule has 0 spiro atoms. The molecule has 35 heavy (non-hydrogen) atoms. The van der Waals surface area contributed by atoms with E-state index in [9.17, 15) is 0 Å².